The quantitative estimate of drug-likeness (QED) is 0.809. The molecule has 2 fully saturated rings. The number of halogens is 1. The van der Waals surface area contributed by atoms with E-state index in [-0.39, 0.29) is 11.9 Å². The number of fused-ring (bicyclic) bond motifs is 3. The van der Waals surface area contributed by atoms with E-state index in [0.717, 1.165) is 72.9 Å². The van der Waals surface area contributed by atoms with E-state index in [4.69, 9.17) is 16.6 Å². The van der Waals surface area contributed by atoms with Gasteiger partial charge in [0.1, 0.15) is 6.04 Å². The molecule has 6 nitrogen and oxygen atoms in total. The Hall–Kier alpha value is -1.96. The highest BCUT2D eigenvalue weighted by molar-refractivity contribution is 7.99. The summed E-state index contributed by atoms with van der Waals surface area (Å²) in [5.41, 5.74) is 3.23. The van der Waals surface area contributed by atoms with Crippen LogP contribution >= 0.6 is 23.4 Å². The van der Waals surface area contributed by atoms with E-state index >= 15 is 0 Å². The Bertz CT molecular complexity index is 900. The van der Waals surface area contributed by atoms with E-state index in [9.17, 15) is 4.79 Å². The molecule has 5 rings (SSSR count). The van der Waals surface area contributed by atoms with Crippen LogP contribution in [0.15, 0.2) is 36.5 Å². The molecule has 0 radical (unpaired) electrons. The summed E-state index contributed by atoms with van der Waals surface area (Å²) >= 11 is 7.84. The third-order valence-electron chi connectivity index (χ3n) is 5.85. The first-order chi connectivity index (χ1) is 14.2. The lowest BCUT2D eigenvalue weighted by Crippen LogP contribution is -2.53. The number of hydrogen-bond donors (Lipinski definition) is 1. The van der Waals surface area contributed by atoms with Gasteiger partial charge in [0.05, 0.1) is 5.69 Å². The van der Waals surface area contributed by atoms with Gasteiger partial charge in [-0.3, -0.25) is 9.69 Å². The lowest BCUT2D eigenvalue weighted by atomic mass is 10.1. The van der Waals surface area contributed by atoms with Crippen molar-refractivity contribution in [3.63, 3.8) is 0 Å². The zero-order valence-electron chi connectivity index (χ0n) is 16.2. The molecule has 0 aliphatic carbocycles. The highest BCUT2D eigenvalue weighted by Crippen LogP contribution is 2.34. The van der Waals surface area contributed by atoms with Gasteiger partial charge >= 0.3 is 0 Å². The van der Waals surface area contributed by atoms with Crippen LogP contribution in [0, 0.1) is 0 Å². The van der Waals surface area contributed by atoms with Crippen molar-refractivity contribution in [1.29, 1.82) is 0 Å². The second-order valence-electron chi connectivity index (χ2n) is 7.73. The minimum Gasteiger partial charge on any atom is -0.369 e. The van der Waals surface area contributed by atoms with Crippen LogP contribution in [0.5, 0.6) is 0 Å². The average Bonchev–Trinajstić information content (AvgIpc) is 2.75. The summed E-state index contributed by atoms with van der Waals surface area (Å²) in [7, 11) is 0. The molecule has 152 valence electrons. The van der Waals surface area contributed by atoms with Gasteiger partial charge in [-0.2, -0.15) is 11.8 Å². The molecule has 0 saturated carbocycles. The summed E-state index contributed by atoms with van der Waals surface area (Å²) < 4.78 is 0. The molecule has 1 aromatic carbocycles. The minimum atomic E-state index is -0.0828. The molecule has 8 heteroatoms. The first-order valence-corrected chi connectivity index (χ1v) is 11.6. The molecule has 1 atom stereocenters. The van der Waals surface area contributed by atoms with Crippen LogP contribution in [0.3, 0.4) is 0 Å². The van der Waals surface area contributed by atoms with Gasteiger partial charge in [0.25, 0.3) is 0 Å². The third kappa shape index (κ3) is 3.91. The summed E-state index contributed by atoms with van der Waals surface area (Å²) in [5, 5.41) is 3.85. The van der Waals surface area contributed by atoms with Crippen LogP contribution in [-0.4, -0.2) is 66.1 Å². The van der Waals surface area contributed by atoms with Gasteiger partial charge in [-0.15, -0.1) is 0 Å². The Kier molecular flexibility index (Phi) is 5.28. The SMILES string of the molecule is O=C1Nc2cc(CN3CCN(c4ccc(Cl)cc4)CC3)cnc2N2CCSCC12. The number of carbonyl (C=O) groups excluding carboxylic acids is 1. The maximum Gasteiger partial charge on any atom is 0.248 e. The fourth-order valence-corrected chi connectivity index (χ4v) is 5.45. The molecule has 2 saturated heterocycles. The average molecular weight is 430 g/mol. The molecular weight excluding hydrogens is 406 g/mol. The summed E-state index contributed by atoms with van der Waals surface area (Å²) in [6, 6.07) is 10.1. The monoisotopic (exact) mass is 429 g/mol. The molecule has 29 heavy (non-hydrogen) atoms. The number of aromatic nitrogens is 1. The molecule has 1 unspecified atom stereocenters. The lowest BCUT2D eigenvalue weighted by Gasteiger charge is -2.40. The van der Waals surface area contributed by atoms with E-state index in [1.54, 1.807) is 0 Å². The van der Waals surface area contributed by atoms with Gasteiger partial charge in [-0.1, -0.05) is 11.6 Å². The van der Waals surface area contributed by atoms with E-state index in [1.165, 1.54) is 5.69 Å². The second kappa shape index (κ2) is 8.05. The maximum absolute atomic E-state index is 12.5. The van der Waals surface area contributed by atoms with Crippen molar-refractivity contribution in [2.75, 3.05) is 59.3 Å². The number of anilines is 3. The van der Waals surface area contributed by atoms with Crippen molar-refractivity contribution < 1.29 is 4.79 Å². The van der Waals surface area contributed by atoms with Gasteiger partial charge in [-0.05, 0) is 35.9 Å². The van der Waals surface area contributed by atoms with Gasteiger partial charge in [0, 0.05) is 67.7 Å². The van der Waals surface area contributed by atoms with E-state index in [0.29, 0.717) is 0 Å². The van der Waals surface area contributed by atoms with E-state index in [1.807, 2.05) is 30.1 Å². The molecule has 1 N–H and O–H groups in total. The second-order valence-corrected chi connectivity index (χ2v) is 9.31. The van der Waals surface area contributed by atoms with Crippen molar-refractivity contribution in [1.82, 2.24) is 9.88 Å². The van der Waals surface area contributed by atoms with Crippen molar-refractivity contribution in [3.05, 3.63) is 47.1 Å². The normalized spacial score (nSPS) is 22.1. The Morgan fingerprint density at radius 2 is 1.93 bits per heavy atom. The Morgan fingerprint density at radius 1 is 1.14 bits per heavy atom. The van der Waals surface area contributed by atoms with Gasteiger partial charge in [0.15, 0.2) is 5.82 Å². The predicted molar refractivity (Wildman–Crippen MR) is 120 cm³/mol. The highest BCUT2D eigenvalue weighted by Gasteiger charge is 2.36. The molecule has 4 heterocycles. The molecule has 3 aliphatic rings. The first-order valence-electron chi connectivity index (χ1n) is 10.0. The number of amides is 1. The molecule has 1 amide bonds. The number of rotatable bonds is 3. The van der Waals surface area contributed by atoms with Crippen molar-refractivity contribution in [2.24, 2.45) is 0 Å². The molecule has 0 spiro atoms. The fraction of sp³-hybridized carbons (Fsp3) is 0.429. The number of pyridine rings is 1. The summed E-state index contributed by atoms with van der Waals surface area (Å²) in [4.78, 5) is 24.2. The van der Waals surface area contributed by atoms with Crippen LogP contribution in [0.1, 0.15) is 5.56 Å². The summed E-state index contributed by atoms with van der Waals surface area (Å²) in [6.07, 6.45) is 1.97. The topological polar surface area (TPSA) is 51.7 Å². The number of nitrogens with zero attached hydrogens (tertiary/aromatic N) is 4. The van der Waals surface area contributed by atoms with E-state index in [2.05, 4.69) is 38.2 Å². The van der Waals surface area contributed by atoms with Crippen LogP contribution in [0.2, 0.25) is 5.02 Å². The summed E-state index contributed by atoms with van der Waals surface area (Å²) in [5.74, 6) is 2.91. The standard InChI is InChI=1S/C21H24ClN5OS/c22-16-1-3-17(4-2-16)26-7-5-25(6-8-26)13-15-11-18-20(23-12-15)27-9-10-29-14-19(27)21(28)24-18/h1-4,11-12,19H,5-10,13-14H2,(H,24,28). The zero-order chi connectivity index (χ0) is 19.8. The van der Waals surface area contributed by atoms with Gasteiger partial charge < -0.3 is 15.1 Å². The van der Waals surface area contributed by atoms with Crippen LogP contribution < -0.4 is 15.1 Å². The van der Waals surface area contributed by atoms with Crippen LogP contribution in [-0.2, 0) is 11.3 Å². The van der Waals surface area contributed by atoms with Gasteiger partial charge in [0.2, 0.25) is 5.91 Å². The number of hydrogen-bond acceptors (Lipinski definition) is 6. The maximum atomic E-state index is 12.5. The Morgan fingerprint density at radius 3 is 2.72 bits per heavy atom. The minimum absolute atomic E-state index is 0.0828. The Labute approximate surface area is 180 Å². The molecule has 0 bridgehead atoms. The predicted octanol–water partition coefficient (Wildman–Crippen LogP) is 2.93. The largest absolute Gasteiger partial charge is 0.369 e. The number of carbonyl (C=O) groups is 1. The molecule has 1 aromatic heterocycles. The van der Waals surface area contributed by atoms with Crippen LogP contribution in [0.4, 0.5) is 17.2 Å². The van der Waals surface area contributed by atoms with Crippen molar-refractivity contribution >= 4 is 46.5 Å². The lowest BCUT2D eigenvalue weighted by molar-refractivity contribution is -0.117. The fourth-order valence-electron chi connectivity index (χ4n) is 4.27. The van der Waals surface area contributed by atoms with E-state index < -0.39 is 0 Å². The van der Waals surface area contributed by atoms with Crippen molar-refractivity contribution in [2.45, 2.75) is 12.6 Å². The first kappa shape index (κ1) is 19.0. The van der Waals surface area contributed by atoms with Gasteiger partial charge in [-0.25, -0.2) is 4.98 Å². The molecular formula is C21H24ClN5OS. The Balaban J connectivity index is 1.24. The molecule has 2 aromatic rings. The highest BCUT2D eigenvalue weighted by atomic mass is 35.5. The smallest absolute Gasteiger partial charge is 0.248 e. The molecule has 3 aliphatic heterocycles. The number of thioether (sulfide) groups is 1. The summed E-state index contributed by atoms with van der Waals surface area (Å²) in [6.45, 7) is 5.71. The zero-order valence-corrected chi connectivity index (χ0v) is 17.8. The number of piperazine rings is 1. The number of benzene rings is 1. The van der Waals surface area contributed by atoms with Crippen LogP contribution in [0.25, 0.3) is 0 Å². The van der Waals surface area contributed by atoms with Crippen molar-refractivity contribution in [3.8, 4) is 0 Å². The number of nitrogens with one attached hydrogen (secondary N) is 1. The third-order valence-corrected chi connectivity index (χ3v) is 7.13.